The summed E-state index contributed by atoms with van der Waals surface area (Å²) in [6.45, 7) is 2.70. The largest absolute Gasteiger partial charge is 0.480 e. The highest BCUT2D eigenvalue weighted by Crippen LogP contribution is 2.09. The molecule has 0 aliphatic rings. The predicted octanol–water partition coefficient (Wildman–Crippen LogP) is 1.14. The van der Waals surface area contributed by atoms with Gasteiger partial charge in [0.2, 0.25) is 0 Å². The van der Waals surface area contributed by atoms with Crippen LogP contribution in [0.1, 0.15) is 25.1 Å². The van der Waals surface area contributed by atoms with Gasteiger partial charge in [0.15, 0.2) is 0 Å². The molecule has 0 aliphatic carbocycles. The molecule has 1 unspecified atom stereocenters. The van der Waals surface area contributed by atoms with Crippen LogP contribution in [0.15, 0.2) is 18.3 Å². The van der Waals surface area contributed by atoms with Gasteiger partial charge in [0.1, 0.15) is 6.04 Å². The fourth-order valence-electron chi connectivity index (χ4n) is 1.14. The van der Waals surface area contributed by atoms with Crippen LogP contribution < -0.4 is 5.32 Å². The van der Waals surface area contributed by atoms with Gasteiger partial charge in [-0.05, 0) is 25.1 Å². The Morgan fingerprint density at radius 2 is 2.54 bits per heavy atom. The SMILES string of the molecule is CCCNC(C(=O)O)c1ccc[nH]1. The molecule has 0 amide bonds. The van der Waals surface area contributed by atoms with Crippen molar-refractivity contribution in [1.29, 1.82) is 0 Å². The standard InChI is InChI=1S/C9H14N2O2/c1-2-5-11-8(9(12)13)7-4-3-6-10-7/h3-4,6,8,10-11H,2,5H2,1H3,(H,12,13). The molecule has 4 heteroatoms. The van der Waals surface area contributed by atoms with Crippen LogP contribution in [0.3, 0.4) is 0 Å². The van der Waals surface area contributed by atoms with Gasteiger partial charge in [0.05, 0.1) is 0 Å². The number of H-pyrrole nitrogens is 1. The molecule has 1 aromatic heterocycles. The zero-order chi connectivity index (χ0) is 9.68. The lowest BCUT2D eigenvalue weighted by molar-refractivity contribution is -0.139. The summed E-state index contributed by atoms with van der Waals surface area (Å²) < 4.78 is 0. The minimum Gasteiger partial charge on any atom is -0.480 e. The van der Waals surface area contributed by atoms with E-state index in [1.54, 1.807) is 18.3 Å². The van der Waals surface area contributed by atoms with Crippen molar-refractivity contribution in [3.05, 3.63) is 24.0 Å². The Hall–Kier alpha value is -1.29. The van der Waals surface area contributed by atoms with E-state index in [4.69, 9.17) is 5.11 Å². The molecule has 0 saturated heterocycles. The quantitative estimate of drug-likeness (QED) is 0.639. The first-order chi connectivity index (χ1) is 6.25. The van der Waals surface area contributed by atoms with Gasteiger partial charge < -0.3 is 10.1 Å². The van der Waals surface area contributed by atoms with Crippen LogP contribution >= 0.6 is 0 Å². The van der Waals surface area contributed by atoms with Crippen LogP contribution in [0.4, 0.5) is 0 Å². The summed E-state index contributed by atoms with van der Waals surface area (Å²) in [5.74, 6) is -0.851. The van der Waals surface area contributed by atoms with Crippen molar-refractivity contribution in [2.75, 3.05) is 6.54 Å². The Morgan fingerprint density at radius 1 is 1.77 bits per heavy atom. The highest BCUT2D eigenvalue weighted by molar-refractivity contribution is 5.74. The minimum atomic E-state index is -0.851. The third kappa shape index (κ3) is 2.59. The van der Waals surface area contributed by atoms with Gasteiger partial charge in [0, 0.05) is 11.9 Å². The molecule has 1 atom stereocenters. The Bertz CT molecular complexity index is 257. The summed E-state index contributed by atoms with van der Waals surface area (Å²) in [5.41, 5.74) is 0.695. The number of rotatable bonds is 5. The highest BCUT2D eigenvalue weighted by atomic mass is 16.4. The molecule has 0 saturated carbocycles. The smallest absolute Gasteiger partial charge is 0.326 e. The number of hydrogen-bond donors (Lipinski definition) is 3. The fraction of sp³-hybridized carbons (Fsp3) is 0.444. The Morgan fingerprint density at radius 3 is 3.00 bits per heavy atom. The molecule has 13 heavy (non-hydrogen) atoms. The van der Waals surface area contributed by atoms with Crippen LogP contribution in [0.2, 0.25) is 0 Å². The van der Waals surface area contributed by atoms with E-state index in [0.717, 1.165) is 6.42 Å². The molecule has 3 N–H and O–H groups in total. The van der Waals surface area contributed by atoms with Crippen molar-refractivity contribution in [3.63, 3.8) is 0 Å². The minimum absolute atomic E-state index is 0.616. The first-order valence-electron chi connectivity index (χ1n) is 4.35. The average Bonchev–Trinajstić information content (AvgIpc) is 2.57. The summed E-state index contributed by atoms with van der Waals surface area (Å²) in [7, 11) is 0. The summed E-state index contributed by atoms with van der Waals surface area (Å²) >= 11 is 0. The molecule has 0 radical (unpaired) electrons. The number of carboxylic acids is 1. The van der Waals surface area contributed by atoms with E-state index in [9.17, 15) is 4.79 Å². The summed E-state index contributed by atoms with van der Waals surface area (Å²) in [4.78, 5) is 13.7. The van der Waals surface area contributed by atoms with Gasteiger partial charge in [-0.25, -0.2) is 0 Å². The Balaban J connectivity index is 2.63. The van der Waals surface area contributed by atoms with Crippen LogP contribution in [0, 0.1) is 0 Å². The Kier molecular flexibility index (Phi) is 3.52. The molecule has 4 nitrogen and oxygen atoms in total. The summed E-state index contributed by atoms with van der Waals surface area (Å²) in [6, 6.07) is 2.94. The van der Waals surface area contributed by atoms with E-state index in [2.05, 4.69) is 10.3 Å². The number of nitrogens with one attached hydrogen (secondary N) is 2. The summed E-state index contributed by atoms with van der Waals surface area (Å²) in [5, 5.41) is 11.8. The number of carboxylic acid groups (broad SMARTS) is 1. The van der Waals surface area contributed by atoms with Gasteiger partial charge in [-0.2, -0.15) is 0 Å². The number of carbonyl (C=O) groups is 1. The average molecular weight is 182 g/mol. The van der Waals surface area contributed by atoms with Crippen LogP contribution in [-0.4, -0.2) is 22.6 Å². The predicted molar refractivity (Wildman–Crippen MR) is 49.5 cm³/mol. The topological polar surface area (TPSA) is 65.1 Å². The van der Waals surface area contributed by atoms with Crippen LogP contribution in [-0.2, 0) is 4.79 Å². The van der Waals surface area contributed by atoms with Crippen LogP contribution in [0.25, 0.3) is 0 Å². The molecule has 72 valence electrons. The van der Waals surface area contributed by atoms with E-state index in [1.165, 1.54) is 0 Å². The van der Waals surface area contributed by atoms with Gasteiger partial charge in [0.25, 0.3) is 0 Å². The van der Waals surface area contributed by atoms with Gasteiger partial charge in [-0.15, -0.1) is 0 Å². The molecule has 0 spiro atoms. The number of aromatic amines is 1. The maximum absolute atomic E-state index is 10.8. The molecule has 1 aromatic rings. The second-order valence-corrected chi connectivity index (χ2v) is 2.85. The normalized spacial score (nSPS) is 12.7. The van der Waals surface area contributed by atoms with E-state index in [1.807, 2.05) is 6.92 Å². The van der Waals surface area contributed by atoms with Gasteiger partial charge >= 0.3 is 5.97 Å². The molecule has 0 fully saturated rings. The van der Waals surface area contributed by atoms with Crippen molar-refractivity contribution < 1.29 is 9.90 Å². The van der Waals surface area contributed by atoms with Crippen molar-refractivity contribution in [2.24, 2.45) is 0 Å². The van der Waals surface area contributed by atoms with Crippen molar-refractivity contribution in [3.8, 4) is 0 Å². The first kappa shape index (κ1) is 9.80. The van der Waals surface area contributed by atoms with Gasteiger partial charge in [-0.1, -0.05) is 6.92 Å². The lowest BCUT2D eigenvalue weighted by Crippen LogP contribution is -2.29. The lowest BCUT2D eigenvalue weighted by Gasteiger charge is -2.11. The number of aromatic nitrogens is 1. The van der Waals surface area contributed by atoms with E-state index in [0.29, 0.717) is 12.2 Å². The number of aliphatic carboxylic acids is 1. The van der Waals surface area contributed by atoms with Crippen LogP contribution in [0.5, 0.6) is 0 Å². The lowest BCUT2D eigenvalue weighted by atomic mass is 10.2. The highest BCUT2D eigenvalue weighted by Gasteiger charge is 2.18. The second-order valence-electron chi connectivity index (χ2n) is 2.85. The van der Waals surface area contributed by atoms with E-state index >= 15 is 0 Å². The molecule has 0 bridgehead atoms. The maximum atomic E-state index is 10.8. The van der Waals surface area contributed by atoms with E-state index in [-0.39, 0.29) is 0 Å². The number of hydrogen-bond acceptors (Lipinski definition) is 2. The van der Waals surface area contributed by atoms with Crippen molar-refractivity contribution in [1.82, 2.24) is 10.3 Å². The van der Waals surface area contributed by atoms with Gasteiger partial charge in [-0.3, -0.25) is 10.1 Å². The second kappa shape index (κ2) is 4.67. The zero-order valence-corrected chi connectivity index (χ0v) is 7.58. The van der Waals surface area contributed by atoms with E-state index < -0.39 is 12.0 Å². The van der Waals surface area contributed by atoms with Crippen molar-refractivity contribution in [2.45, 2.75) is 19.4 Å². The fourth-order valence-corrected chi connectivity index (χ4v) is 1.14. The molecule has 0 aliphatic heterocycles. The first-order valence-corrected chi connectivity index (χ1v) is 4.35. The third-order valence-electron chi connectivity index (χ3n) is 1.78. The molecular formula is C9H14N2O2. The molecule has 1 rings (SSSR count). The summed E-state index contributed by atoms with van der Waals surface area (Å²) in [6.07, 6.45) is 2.64. The molecular weight excluding hydrogens is 168 g/mol. The maximum Gasteiger partial charge on any atom is 0.326 e. The monoisotopic (exact) mass is 182 g/mol. The molecule has 0 aromatic carbocycles. The third-order valence-corrected chi connectivity index (χ3v) is 1.78. The molecule has 1 heterocycles. The Labute approximate surface area is 77.0 Å². The van der Waals surface area contributed by atoms with Crippen molar-refractivity contribution >= 4 is 5.97 Å². The zero-order valence-electron chi connectivity index (χ0n) is 7.58.